The van der Waals surface area contributed by atoms with Crippen LogP contribution in [0.15, 0.2) is 30.3 Å². The molecular formula is C15H16N4O5. The molecule has 1 aliphatic rings. The topological polar surface area (TPSA) is 135 Å². The molecule has 1 saturated heterocycles. The van der Waals surface area contributed by atoms with Crippen LogP contribution in [0.5, 0.6) is 0 Å². The molecule has 0 saturated carbocycles. The van der Waals surface area contributed by atoms with Gasteiger partial charge in [-0.1, -0.05) is 18.2 Å². The van der Waals surface area contributed by atoms with Crippen molar-refractivity contribution in [2.75, 3.05) is 5.73 Å². The lowest BCUT2D eigenvalue weighted by Crippen LogP contribution is -2.35. The Morgan fingerprint density at radius 2 is 1.92 bits per heavy atom. The summed E-state index contributed by atoms with van der Waals surface area (Å²) in [6, 6.07) is 9.78. The van der Waals surface area contributed by atoms with E-state index in [9.17, 15) is 14.4 Å². The minimum atomic E-state index is -1.27. The molecule has 4 N–H and O–H groups in total. The third-order valence-electron chi connectivity index (χ3n) is 3.15. The fourth-order valence-corrected chi connectivity index (χ4v) is 2.10. The maximum Gasteiger partial charge on any atom is 0.456 e. The second-order valence-corrected chi connectivity index (χ2v) is 4.94. The van der Waals surface area contributed by atoms with E-state index >= 15 is 0 Å². The molecule has 2 aromatic rings. The summed E-state index contributed by atoms with van der Waals surface area (Å²) in [7, 11) is 0. The molecule has 0 spiro atoms. The highest BCUT2D eigenvalue weighted by atomic mass is 16.8. The third-order valence-corrected chi connectivity index (χ3v) is 3.15. The Bertz CT molecular complexity index is 777. The second-order valence-electron chi connectivity index (χ2n) is 4.94. The standard InChI is InChI=1S/C10H10N2.C5H6N2O5/c1-7-6-9(11)8-4-2-3-5-10(8)12-7;8-3-1-2-4(9)7(3)12-5(10)6-11/h2-6H,1H3,(H2,11,12);11H,1-2H2,(H,6,10). The van der Waals surface area contributed by atoms with Crippen LogP contribution in [0.2, 0.25) is 0 Å². The van der Waals surface area contributed by atoms with E-state index in [1.807, 2.05) is 37.3 Å². The van der Waals surface area contributed by atoms with Gasteiger partial charge in [-0.3, -0.25) is 19.8 Å². The highest BCUT2D eigenvalue weighted by Crippen LogP contribution is 2.19. The molecule has 24 heavy (non-hydrogen) atoms. The van der Waals surface area contributed by atoms with Crippen molar-refractivity contribution in [1.82, 2.24) is 15.5 Å². The quantitative estimate of drug-likeness (QED) is 0.407. The first-order valence-electron chi connectivity index (χ1n) is 7.02. The van der Waals surface area contributed by atoms with Gasteiger partial charge in [0.2, 0.25) is 0 Å². The van der Waals surface area contributed by atoms with Crippen LogP contribution < -0.4 is 11.2 Å². The van der Waals surface area contributed by atoms with E-state index in [1.54, 1.807) is 0 Å². The van der Waals surface area contributed by atoms with Crippen LogP contribution in [0, 0.1) is 6.92 Å². The molecule has 0 radical (unpaired) electrons. The summed E-state index contributed by atoms with van der Waals surface area (Å²) in [6.07, 6.45) is -1.21. The zero-order valence-electron chi connectivity index (χ0n) is 12.9. The number of nitrogens with one attached hydrogen (secondary N) is 1. The Morgan fingerprint density at radius 1 is 1.29 bits per heavy atom. The van der Waals surface area contributed by atoms with Crippen molar-refractivity contribution in [2.45, 2.75) is 19.8 Å². The van der Waals surface area contributed by atoms with E-state index in [4.69, 9.17) is 10.9 Å². The number of nitrogens with two attached hydrogens (primary N) is 1. The number of carbonyl (C=O) groups excluding carboxylic acids is 3. The molecule has 1 aromatic heterocycles. The van der Waals surface area contributed by atoms with Gasteiger partial charge in [0.05, 0.1) is 5.52 Å². The first-order valence-corrected chi connectivity index (χ1v) is 7.02. The van der Waals surface area contributed by atoms with Crippen LogP contribution in [0.1, 0.15) is 18.5 Å². The number of anilines is 1. The smallest absolute Gasteiger partial charge is 0.398 e. The minimum Gasteiger partial charge on any atom is -0.398 e. The van der Waals surface area contributed by atoms with Crippen molar-refractivity contribution >= 4 is 34.5 Å². The lowest BCUT2D eigenvalue weighted by atomic mass is 10.2. The number of fused-ring (bicyclic) bond motifs is 1. The van der Waals surface area contributed by atoms with E-state index in [-0.39, 0.29) is 12.8 Å². The van der Waals surface area contributed by atoms with Gasteiger partial charge < -0.3 is 10.6 Å². The van der Waals surface area contributed by atoms with Gasteiger partial charge >= 0.3 is 6.09 Å². The summed E-state index contributed by atoms with van der Waals surface area (Å²) in [4.78, 5) is 40.3. The predicted octanol–water partition coefficient (Wildman–Crippen LogP) is 1.29. The number of para-hydroxylation sites is 1. The van der Waals surface area contributed by atoms with Gasteiger partial charge in [0.1, 0.15) is 0 Å². The molecule has 126 valence electrons. The zero-order valence-corrected chi connectivity index (χ0v) is 12.9. The van der Waals surface area contributed by atoms with Crippen LogP contribution in [0.3, 0.4) is 0 Å². The van der Waals surface area contributed by atoms with Crippen molar-refractivity contribution in [2.24, 2.45) is 0 Å². The van der Waals surface area contributed by atoms with Gasteiger partial charge in [-0.05, 0) is 19.1 Å². The van der Waals surface area contributed by atoms with Gasteiger partial charge in [-0.25, -0.2) is 10.3 Å². The third kappa shape index (κ3) is 3.96. The Kier molecular flexibility index (Phi) is 5.27. The number of benzene rings is 1. The fraction of sp³-hybridized carbons (Fsp3) is 0.200. The summed E-state index contributed by atoms with van der Waals surface area (Å²) < 4.78 is 0. The summed E-state index contributed by atoms with van der Waals surface area (Å²) in [6.45, 7) is 1.95. The van der Waals surface area contributed by atoms with Crippen molar-refractivity contribution in [3.63, 3.8) is 0 Å². The number of pyridine rings is 1. The van der Waals surface area contributed by atoms with E-state index in [1.165, 1.54) is 0 Å². The molecule has 0 bridgehead atoms. The second kappa shape index (κ2) is 7.38. The molecule has 3 amide bonds. The summed E-state index contributed by atoms with van der Waals surface area (Å²) >= 11 is 0. The van der Waals surface area contributed by atoms with E-state index < -0.39 is 17.9 Å². The summed E-state index contributed by atoms with van der Waals surface area (Å²) in [5.41, 5.74) is 9.68. The lowest BCUT2D eigenvalue weighted by molar-refractivity contribution is -0.173. The molecule has 0 atom stereocenters. The number of carbonyl (C=O) groups is 3. The normalized spacial score (nSPS) is 13.5. The molecule has 1 aromatic carbocycles. The van der Waals surface area contributed by atoms with E-state index in [2.05, 4.69) is 9.82 Å². The number of rotatable bonds is 1. The molecule has 3 rings (SSSR count). The van der Waals surface area contributed by atoms with Crippen molar-refractivity contribution in [1.29, 1.82) is 0 Å². The molecule has 9 heteroatoms. The van der Waals surface area contributed by atoms with Crippen LogP contribution in [0.4, 0.5) is 10.5 Å². The number of imide groups is 1. The molecule has 9 nitrogen and oxygen atoms in total. The first kappa shape index (κ1) is 17.2. The number of nitrogen functional groups attached to an aromatic ring is 1. The number of hydrogen-bond donors (Lipinski definition) is 3. The number of hydroxylamine groups is 3. The summed E-state index contributed by atoms with van der Waals surface area (Å²) in [5, 5.41) is 9.35. The number of aryl methyl sites for hydroxylation is 1. The first-order chi connectivity index (χ1) is 11.4. The molecule has 1 fully saturated rings. The largest absolute Gasteiger partial charge is 0.456 e. The Morgan fingerprint density at radius 3 is 2.54 bits per heavy atom. The monoisotopic (exact) mass is 332 g/mol. The average Bonchev–Trinajstić information content (AvgIpc) is 2.87. The average molecular weight is 332 g/mol. The SMILES string of the molecule is Cc1cc(N)c2ccccc2n1.O=C(NO)ON1C(=O)CCC1=O. The lowest BCUT2D eigenvalue weighted by Gasteiger charge is -2.10. The molecule has 2 heterocycles. The van der Waals surface area contributed by atoms with Crippen molar-refractivity contribution in [3.05, 3.63) is 36.0 Å². The number of amides is 3. The van der Waals surface area contributed by atoms with Crippen LogP contribution in [0.25, 0.3) is 10.9 Å². The minimum absolute atomic E-state index is 0.0253. The van der Waals surface area contributed by atoms with Crippen LogP contribution in [-0.4, -0.2) is 33.2 Å². The molecule has 0 aliphatic carbocycles. The van der Waals surface area contributed by atoms with Gasteiger partial charge in [0.25, 0.3) is 11.8 Å². The van der Waals surface area contributed by atoms with Gasteiger partial charge in [0.15, 0.2) is 0 Å². The van der Waals surface area contributed by atoms with Crippen LogP contribution in [-0.2, 0) is 14.4 Å². The Balaban J connectivity index is 0.000000174. The summed E-state index contributed by atoms with van der Waals surface area (Å²) in [5.74, 6) is -1.19. The zero-order chi connectivity index (χ0) is 17.7. The number of hydrogen-bond acceptors (Lipinski definition) is 7. The highest BCUT2D eigenvalue weighted by Gasteiger charge is 2.32. The van der Waals surface area contributed by atoms with Gasteiger partial charge in [0, 0.05) is 29.6 Å². The predicted molar refractivity (Wildman–Crippen MR) is 83.4 cm³/mol. The molecular weight excluding hydrogens is 316 g/mol. The molecule has 0 unspecified atom stereocenters. The highest BCUT2D eigenvalue weighted by molar-refractivity contribution is 6.01. The maximum absolute atomic E-state index is 10.8. The number of aromatic nitrogens is 1. The Labute approximate surface area is 136 Å². The van der Waals surface area contributed by atoms with Crippen molar-refractivity contribution < 1.29 is 24.4 Å². The van der Waals surface area contributed by atoms with E-state index in [0.29, 0.717) is 5.06 Å². The van der Waals surface area contributed by atoms with Gasteiger partial charge in [-0.15, -0.1) is 5.06 Å². The van der Waals surface area contributed by atoms with Gasteiger partial charge in [-0.2, -0.15) is 0 Å². The van der Waals surface area contributed by atoms with Crippen molar-refractivity contribution in [3.8, 4) is 0 Å². The Hall–Kier alpha value is -3.20. The number of nitrogens with zero attached hydrogens (tertiary/aromatic N) is 2. The van der Waals surface area contributed by atoms with Crippen LogP contribution >= 0.6 is 0 Å². The maximum atomic E-state index is 10.8. The van der Waals surface area contributed by atoms with E-state index in [0.717, 1.165) is 27.8 Å². The molecule has 1 aliphatic heterocycles. The fourth-order valence-electron chi connectivity index (χ4n) is 2.10.